The highest BCUT2D eigenvalue weighted by molar-refractivity contribution is 5.67. The van der Waals surface area contributed by atoms with Crippen molar-refractivity contribution in [1.29, 1.82) is 0 Å². The maximum atomic E-state index is 13.4. The van der Waals surface area contributed by atoms with Gasteiger partial charge in [-0.3, -0.25) is 0 Å². The highest BCUT2D eigenvalue weighted by atomic mass is 19.2. The molecule has 3 rings (SSSR count). The SMILES string of the molecule is CCCCCCCCc1cnc(-c2ccc(-c3cc(F)c(F)c(F)c3)cc2)nc1. The molecule has 0 aliphatic carbocycles. The number of hydrogen-bond acceptors (Lipinski definition) is 2. The zero-order valence-corrected chi connectivity index (χ0v) is 16.6. The van der Waals surface area contributed by atoms with Crippen molar-refractivity contribution in [3.63, 3.8) is 0 Å². The number of aromatic nitrogens is 2. The Morgan fingerprint density at radius 2 is 1.24 bits per heavy atom. The summed E-state index contributed by atoms with van der Waals surface area (Å²) in [6, 6.07) is 8.99. The van der Waals surface area contributed by atoms with Gasteiger partial charge in [0.05, 0.1) is 0 Å². The molecule has 0 saturated carbocycles. The quantitative estimate of drug-likeness (QED) is 0.283. The molecular weight excluding hydrogens is 373 g/mol. The molecule has 152 valence electrons. The summed E-state index contributed by atoms with van der Waals surface area (Å²) >= 11 is 0. The van der Waals surface area contributed by atoms with Crippen LogP contribution in [0.1, 0.15) is 51.0 Å². The second-order valence-corrected chi connectivity index (χ2v) is 7.26. The van der Waals surface area contributed by atoms with Gasteiger partial charge in [0.2, 0.25) is 0 Å². The number of benzene rings is 2. The van der Waals surface area contributed by atoms with E-state index in [-0.39, 0.29) is 5.56 Å². The van der Waals surface area contributed by atoms with Crippen molar-refractivity contribution in [2.45, 2.75) is 51.9 Å². The van der Waals surface area contributed by atoms with Crippen molar-refractivity contribution < 1.29 is 13.2 Å². The number of halogens is 3. The first-order valence-electron chi connectivity index (χ1n) is 10.1. The average Bonchev–Trinajstić information content (AvgIpc) is 2.75. The average molecular weight is 398 g/mol. The van der Waals surface area contributed by atoms with Gasteiger partial charge in [-0.05, 0) is 41.7 Å². The van der Waals surface area contributed by atoms with Crippen LogP contribution in [0.15, 0.2) is 48.8 Å². The molecule has 3 aromatic rings. The molecule has 0 radical (unpaired) electrons. The lowest BCUT2D eigenvalue weighted by Gasteiger charge is -2.06. The van der Waals surface area contributed by atoms with Crippen LogP contribution in [0, 0.1) is 17.5 Å². The topological polar surface area (TPSA) is 25.8 Å². The monoisotopic (exact) mass is 398 g/mol. The summed E-state index contributed by atoms with van der Waals surface area (Å²) < 4.78 is 40.0. The van der Waals surface area contributed by atoms with Crippen LogP contribution >= 0.6 is 0 Å². The number of aryl methyl sites for hydroxylation is 1. The minimum atomic E-state index is -1.46. The Kier molecular flexibility index (Phi) is 7.39. The summed E-state index contributed by atoms with van der Waals surface area (Å²) in [5.41, 5.74) is 2.80. The number of hydrogen-bond donors (Lipinski definition) is 0. The first-order chi connectivity index (χ1) is 14.1. The number of nitrogens with zero attached hydrogens (tertiary/aromatic N) is 2. The second kappa shape index (κ2) is 10.2. The zero-order valence-electron chi connectivity index (χ0n) is 16.6. The summed E-state index contributed by atoms with van der Waals surface area (Å²) in [5.74, 6) is -3.26. The Morgan fingerprint density at radius 3 is 1.86 bits per heavy atom. The van der Waals surface area contributed by atoms with Gasteiger partial charge < -0.3 is 0 Å². The molecule has 1 aromatic heterocycles. The Labute approximate surface area is 169 Å². The van der Waals surface area contributed by atoms with E-state index in [9.17, 15) is 13.2 Å². The molecule has 0 aliphatic rings. The van der Waals surface area contributed by atoms with Gasteiger partial charge in [-0.15, -0.1) is 0 Å². The summed E-state index contributed by atoms with van der Waals surface area (Å²) in [7, 11) is 0. The molecule has 0 amide bonds. The van der Waals surface area contributed by atoms with Crippen LogP contribution in [-0.4, -0.2) is 9.97 Å². The van der Waals surface area contributed by atoms with Crippen LogP contribution in [0.3, 0.4) is 0 Å². The van der Waals surface area contributed by atoms with Crippen LogP contribution < -0.4 is 0 Å². The molecule has 0 spiro atoms. The normalized spacial score (nSPS) is 11.0. The smallest absolute Gasteiger partial charge is 0.194 e. The fourth-order valence-corrected chi connectivity index (χ4v) is 3.28. The van der Waals surface area contributed by atoms with Gasteiger partial charge >= 0.3 is 0 Å². The predicted molar refractivity (Wildman–Crippen MR) is 110 cm³/mol. The lowest BCUT2D eigenvalue weighted by Crippen LogP contribution is -1.94. The molecule has 5 heteroatoms. The molecule has 0 unspecified atom stereocenters. The van der Waals surface area contributed by atoms with E-state index in [0.29, 0.717) is 11.4 Å². The predicted octanol–water partition coefficient (Wildman–Crippen LogP) is 7.13. The van der Waals surface area contributed by atoms with Gasteiger partial charge in [0.15, 0.2) is 23.3 Å². The van der Waals surface area contributed by atoms with E-state index in [2.05, 4.69) is 16.9 Å². The lowest BCUT2D eigenvalue weighted by atomic mass is 10.0. The van der Waals surface area contributed by atoms with E-state index < -0.39 is 17.5 Å². The van der Waals surface area contributed by atoms with E-state index in [0.717, 1.165) is 36.1 Å². The van der Waals surface area contributed by atoms with Crippen LogP contribution in [0.4, 0.5) is 13.2 Å². The van der Waals surface area contributed by atoms with Gasteiger partial charge in [-0.2, -0.15) is 0 Å². The Hall–Kier alpha value is -2.69. The minimum absolute atomic E-state index is 0.281. The number of unbranched alkanes of at least 4 members (excludes halogenated alkanes) is 5. The molecule has 0 aliphatic heterocycles. The highest BCUT2D eigenvalue weighted by Crippen LogP contribution is 2.26. The maximum absolute atomic E-state index is 13.4. The van der Waals surface area contributed by atoms with E-state index in [1.54, 1.807) is 24.3 Å². The third-order valence-electron chi connectivity index (χ3n) is 4.98. The Balaban J connectivity index is 1.61. The fourth-order valence-electron chi connectivity index (χ4n) is 3.28. The lowest BCUT2D eigenvalue weighted by molar-refractivity contribution is 0.448. The molecule has 0 N–H and O–H groups in total. The first kappa shape index (κ1) is 21.0. The van der Waals surface area contributed by atoms with E-state index >= 15 is 0 Å². The summed E-state index contributed by atoms with van der Waals surface area (Å²) in [4.78, 5) is 8.88. The summed E-state index contributed by atoms with van der Waals surface area (Å²) in [6.45, 7) is 2.22. The Morgan fingerprint density at radius 1 is 0.690 bits per heavy atom. The molecule has 2 aromatic carbocycles. The third kappa shape index (κ3) is 5.66. The van der Waals surface area contributed by atoms with Crippen LogP contribution in [0.2, 0.25) is 0 Å². The largest absolute Gasteiger partial charge is 0.236 e. The molecule has 0 fully saturated rings. The van der Waals surface area contributed by atoms with E-state index in [1.165, 1.54) is 32.1 Å². The van der Waals surface area contributed by atoms with E-state index in [1.807, 2.05) is 12.4 Å². The van der Waals surface area contributed by atoms with Gasteiger partial charge in [0.1, 0.15) is 0 Å². The van der Waals surface area contributed by atoms with Gasteiger partial charge in [0, 0.05) is 18.0 Å². The standard InChI is InChI=1S/C24H25F3N2/c1-2-3-4-5-6-7-8-17-15-28-24(29-16-17)19-11-9-18(10-12-19)20-13-21(25)23(27)22(26)14-20/h9-16H,2-8H2,1H3. The zero-order chi connectivity index (χ0) is 20.6. The minimum Gasteiger partial charge on any atom is -0.236 e. The molecule has 0 saturated heterocycles. The second-order valence-electron chi connectivity index (χ2n) is 7.26. The van der Waals surface area contributed by atoms with Gasteiger partial charge in [0.25, 0.3) is 0 Å². The van der Waals surface area contributed by atoms with Crippen molar-refractivity contribution in [2.75, 3.05) is 0 Å². The van der Waals surface area contributed by atoms with Crippen molar-refractivity contribution in [3.05, 3.63) is 71.8 Å². The first-order valence-corrected chi connectivity index (χ1v) is 10.1. The summed E-state index contributed by atoms with van der Waals surface area (Å²) in [6.07, 6.45) is 12.2. The van der Waals surface area contributed by atoms with Gasteiger partial charge in [-0.25, -0.2) is 23.1 Å². The van der Waals surface area contributed by atoms with Crippen molar-refractivity contribution >= 4 is 0 Å². The van der Waals surface area contributed by atoms with Crippen molar-refractivity contribution in [2.24, 2.45) is 0 Å². The summed E-state index contributed by atoms with van der Waals surface area (Å²) in [5, 5.41) is 0. The maximum Gasteiger partial charge on any atom is 0.194 e. The van der Waals surface area contributed by atoms with Crippen molar-refractivity contribution in [1.82, 2.24) is 9.97 Å². The molecule has 0 bridgehead atoms. The van der Waals surface area contributed by atoms with Crippen LogP contribution in [-0.2, 0) is 6.42 Å². The molecule has 2 nitrogen and oxygen atoms in total. The van der Waals surface area contributed by atoms with Crippen LogP contribution in [0.5, 0.6) is 0 Å². The Bertz CT molecular complexity index is 899. The van der Waals surface area contributed by atoms with Crippen molar-refractivity contribution in [3.8, 4) is 22.5 Å². The van der Waals surface area contributed by atoms with Gasteiger partial charge in [-0.1, -0.05) is 63.3 Å². The number of rotatable bonds is 9. The molecule has 29 heavy (non-hydrogen) atoms. The van der Waals surface area contributed by atoms with Crippen LogP contribution in [0.25, 0.3) is 22.5 Å². The fraction of sp³-hybridized carbons (Fsp3) is 0.333. The molecule has 0 atom stereocenters. The van der Waals surface area contributed by atoms with E-state index in [4.69, 9.17) is 0 Å². The molecular formula is C24H25F3N2. The molecule has 1 heterocycles. The highest BCUT2D eigenvalue weighted by Gasteiger charge is 2.12. The third-order valence-corrected chi connectivity index (χ3v) is 4.98.